The lowest BCUT2D eigenvalue weighted by atomic mass is 10.1. The summed E-state index contributed by atoms with van der Waals surface area (Å²) in [6, 6.07) is 13.7. The Bertz CT molecular complexity index is 818. The van der Waals surface area contributed by atoms with Crippen molar-refractivity contribution >= 4 is 27.3 Å². The first-order valence-electron chi connectivity index (χ1n) is 7.07. The van der Waals surface area contributed by atoms with Crippen molar-refractivity contribution < 1.29 is 13.2 Å². The van der Waals surface area contributed by atoms with Crippen molar-refractivity contribution in [3.05, 3.63) is 70.2 Å². The summed E-state index contributed by atoms with van der Waals surface area (Å²) in [7, 11) is -3.14. The van der Waals surface area contributed by atoms with Crippen LogP contribution in [0, 0.1) is 0 Å². The molecule has 0 radical (unpaired) electrons. The number of sulfone groups is 1. The number of carbonyl (C=O) groups is 1. The van der Waals surface area contributed by atoms with Crippen LogP contribution in [0.25, 0.3) is 0 Å². The van der Waals surface area contributed by atoms with Gasteiger partial charge >= 0.3 is 0 Å². The molecule has 0 fully saturated rings. The average molecular weight is 352 g/mol. The SMILES string of the molecule is CC(NC(=O)c1cccc(CS(C)(=O)=O)c1)c1cccc(Cl)c1. The van der Waals surface area contributed by atoms with Crippen molar-refractivity contribution in [1.82, 2.24) is 5.32 Å². The van der Waals surface area contributed by atoms with Gasteiger partial charge in [0.15, 0.2) is 9.84 Å². The summed E-state index contributed by atoms with van der Waals surface area (Å²) >= 11 is 5.96. The number of hydrogen-bond donors (Lipinski definition) is 1. The van der Waals surface area contributed by atoms with Gasteiger partial charge in [0.25, 0.3) is 5.91 Å². The van der Waals surface area contributed by atoms with Gasteiger partial charge in [0.1, 0.15) is 0 Å². The molecule has 0 aromatic heterocycles. The molecule has 0 aliphatic heterocycles. The third kappa shape index (κ3) is 5.37. The molecule has 2 rings (SSSR count). The molecule has 4 nitrogen and oxygen atoms in total. The van der Waals surface area contributed by atoms with Gasteiger partial charge < -0.3 is 5.32 Å². The zero-order valence-electron chi connectivity index (χ0n) is 12.9. The summed E-state index contributed by atoms with van der Waals surface area (Å²) in [6.45, 7) is 1.86. The Kier molecular flexibility index (Phi) is 5.44. The molecule has 0 saturated heterocycles. The fourth-order valence-corrected chi connectivity index (χ4v) is 3.23. The van der Waals surface area contributed by atoms with Crippen molar-refractivity contribution in [3.8, 4) is 0 Å². The molecule has 2 aromatic rings. The summed E-state index contributed by atoms with van der Waals surface area (Å²) in [6.07, 6.45) is 1.17. The minimum absolute atomic E-state index is 0.0854. The van der Waals surface area contributed by atoms with Crippen LogP contribution < -0.4 is 5.32 Å². The zero-order valence-corrected chi connectivity index (χ0v) is 14.5. The van der Waals surface area contributed by atoms with Crippen molar-refractivity contribution in [2.24, 2.45) is 0 Å². The lowest BCUT2D eigenvalue weighted by Crippen LogP contribution is -2.26. The molecule has 0 aliphatic carbocycles. The van der Waals surface area contributed by atoms with Crippen LogP contribution in [-0.2, 0) is 15.6 Å². The van der Waals surface area contributed by atoms with Crippen LogP contribution in [0.2, 0.25) is 5.02 Å². The predicted molar refractivity (Wildman–Crippen MR) is 92.3 cm³/mol. The summed E-state index contributed by atoms with van der Waals surface area (Å²) < 4.78 is 22.7. The van der Waals surface area contributed by atoms with Gasteiger partial charge in [-0.25, -0.2) is 8.42 Å². The summed E-state index contributed by atoms with van der Waals surface area (Å²) in [5.41, 5.74) is 1.92. The Hall–Kier alpha value is -1.85. The van der Waals surface area contributed by atoms with E-state index in [0.29, 0.717) is 16.1 Å². The standard InChI is InChI=1S/C17H18ClNO3S/c1-12(14-6-4-8-16(18)10-14)19-17(20)15-7-3-5-13(9-15)11-23(2,21)22/h3-10,12H,11H2,1-2H3,(H,19,20). The molecule has 122 valence electrons. The Balaban J connectivity index is 2.13. The van der Waals surface area contributed by atoms with Crippen LogP contribution in [0.5, 0.6) is 0 Å². The van der Waals surface area contributed by atoms with Crippen molar-refractivity contribution in [2.75, 3.05) is 6.26 Å². The summed E-state index contributed by atoms with van der Waals surface area (Å²) in [5, 5.41) is 3.49. The van der Waals surface area contributed by atoms with E-state index in [1.165, 1.54) is 6.26 Å². The molecule has 1 amide bonds. The highest BCUT2D eigenvalue weighted by Gasteiger charge is 2.13. The van der Waals surface area contributed by atoms with Crippen LogP contribution in [0.3, 0.4) is 0 Å². The number of amides is 1. The van der Waals surface area contributed by atoms with Gasteiger partial charge in [-0.05, 0) is 42.3 Å². The maximum Gasteiger partial charge on any atom is 0.251 e. The van der Waals surface area contributed by atoms with E-state index in [1.54, 1.807) is 36.4 Å². The molecule has 0 aliphatic rings. The van der Waals surface area contributed by atoms with Gasteiger partial charge in [-0.15, -0.1) is 0 Å². The highest BCUT2D eigenvalue weighted by atomic mass is 35.5. The van der Waals surface area contributed by atoms with Gasteiger partial charge in [-0.2, -0.15) is 0 Å². The molecule has 0 bridgehead atoms. The second kappa shape index (κ2) is 7.15. The van der Waals surface area contributed by atoms with E-state index in [1.807, 2.05) is 19.1 Å². The van der Waals surface area contributed by atoms with E-state index in [0.717, 1.165) is 5.56 Å². The van der Waals surface area contributed by atoms with Crippen molar-refractivity contribution in [2.45, 2.75) is 18.7 Å². The van der Waals surface area contributed by atoms with Crippen LogP contribution in [0.4, 0.5) is 0 Å². The Labute approximate surface area is 141 Å². The number of rotatable bonds is 5. The first-order chi connectivity index (χ1) is 10.7. The maximum atomic E-state index is 12.3. The molecule has 23 heavy (non-hydrogen) atoms. The third-order valence-corrected chi connectivity index (χ3v) is 4.41. The molecule has 1 atom stereocenters. The number of hydrogen-bond acceptors (Lipinski definition) is 3. The van der Waals surface area contributed by atoms with E-state index < -0.39 is 9.84 Å². The first-order valence-corrected chi connectivity index (χ1v) is 9.51. The molecular weight excluding hydrogens is 334 g/mol. The lowest BCUT2D eigenvalue weighted by molar-refractivity contribution is 0.0939. The minimum atomic E-state index is -3.14. The van der Waals surface area contributed by atoms with Crippen molar-refractivity contribution in [1.29, 1.82) is 0 Å². The molecule has 0 heterocycles. The second-order valence-corrected chi connectivity index (χ2v) is 8.10. The van der Waals surface area contributed by atoms with E-state index in [-0.39, 0.29) is 17.7 Å². The van der Waals surface area contributed by atoms with Crippen LogP contribution >= 0.6 is 11.6 Å². The van der Waals surface area contributed by atoms with E-state index in [2.05, 4.69) is 5.32 Å². The number of halogens is 1. The molecule has 0 spiro atoms. The quantitative estimate of drug-likeness (QED) is 0.898. The van der Waals surface area contributed by atoms with Gasteiger partial charge in [0, 0.05) is 16.8 Å². The van der Waals surface area contributed by atoms with E-state index in [9.17, 15) is 13.2 Å². The fraction of sp³-hybridized carbons (Fsp3) is 0.235. The number of benzene rings is 2. The number of nitrogens with one attached hydrogen (secondary N) is 1. The Morgan fingerprint density at radius 1 is 1.17 bits per heavy atom. The van der Waals surface area contributed by atoms with Gasteiger partial charge in [0.2, 0.25) is 0 Å². The molecule has 2 aromatic carbocycles. The molecular formula is C17H18ClNO3S. The Morgan fingerprint density at radius 3 is 2.52 bits per heavy atom. The molecule has 1 N–H and O–H groups in total. The molecule has 6 heteroatoms. The summed E-state index contributed by atoms with van der Waals surface area (Å²) in [5.74, 6) is -0.342. The lowest BCUT2D eigenvalue weighted by Gasteiger charge is -2.15. The first kappa shape index (κ1) is 17.5. The minimum Gasteiger partial charge on any atom is -0.346 e. The van der Waals surface area contributed by atoms with Gasteiger partial charge in [-0.1, -0.05) is 35.9 Å². The highest BCUT2D eigenvalue weighted by Crippen LogP contribution is 2.18. The topological polar surface area (TPSA) is 63.2 Å². The van der Waals surface area contributed by atoms with E-state index >= 15 is 0 Å². The highest BCUT2D eigenvalue weighted by molar-refractivity contribution is 7.89. The predicted octanol–water partition coefficient (Wildman–Crippen LogP) is 3.38. The van der Waals surface area contributed by atoms with Crippen LogP contribution in [0.15, 0.2) is 48.5 Å². The molecule has 0 saturated carbocycles. The average Bonchev–Trinajstić information content (AvgIpc) is 2.45. The Morgan fingerprint density at radius 2 is 1.87 bits per heavy atom. The monoisotopic (exact) mass is 351 g/mol. The fourth-order valence-electron chi connectivity index (χ4n) is 2.24. The van der Waals surface area contributed by atoms with Crippen LogP contribution in [-0.4, -0.2) is 20.6 Å². The largest absolute Gasteiger partial charge is 0.346 e. The number of carbonyl (C=O) groups excluding carboxylic acids is 1. The third-order valence-electron chi connectivity index (χ3n) is 3.31. The second-order valence-electron chi connectivity index (χ2n) is 5.52. The summed E-state index contributed by atoms with van der Waals surface area (Å²) in [4.78, 5) is 12.3. The van der Waals surface area contributed by atoms with Crippen LogP contribution in [0.1, 0.15) is 34.5 Å². The molecule has 1 unspecified atom stereocenters. The zero-order chi connectivity index (χ0) is 17.0. The van der Waals surface area contributed by atoms with Gasteiger partial charge in [-0.3, -0.25) is 4.79 Å². The van der Waals surface area contributed by atoms with Crippen molar-refractivity contribution in [3.63, 3.8) is 0 Å². The maximum absolute atomic E-state index is 12.3. The normalized spacial score (nSPS) is 12.7. The van der Waals surface area contributed by atoms with Gasteiger partial charge in [0.05, 0.1) is 11.8 Å². The smallest absolute Gasteiger partial charge is 0.251 e. The van der Waals surface area contributed by atoms with E-state index in [4.69, 9.17) is 11.6 Å².